The number of aromatic hydroxyl groups is 1. The highest BCUT2D eigenvalue weighted by atomic mass is 35.5. The summed E-state index contributed by atoms with van der Waals surface area (Å²) < 4.78 is 40.7. The van der Waals surface area contributed by atoms with Crippen LogP contribution in [-0.4, -0.2) is 29.7 Å². The van der Waals surface area contributed by atoms with E-state index in [4.69, 9.17) is 11.6 Å². The summed E-state index contributed by atoms with van der Waals surface area (Å²) in [6.07, 6.45) is -4.47. The van der Waals surface area contributed by atoms with Crippen LogP contribution in [0.15, 0.2) is 42.5 Å². The number of carbonyl (C=O) groups excluding carboxylic acids is 2. The van der Waals surface area contributed by atoms with Crippen LogP contribution in [0.25, 0.3) is 0 Å². The van der Waals surface area contributed by atoms with Crippen LogP contribution in [-0.2, 0) is 0 Å². The van der Waals surface area contributed by atoms with E-state index in [1.807, 2.05) is 0 Å². The van der Waals surface area contributed by atoms with Crippen molar-refractivity contribution in [3.63, 3.8) is 0 Å². The van der Waals surface area contributed by atoms with Crippen LogP contribution in [0.3, 0.4) is 0 Å². The molecule has 0 aliphatic heterocycles. The number of halogens is 4. The molecule has 26 heavy (non-hydrogen) atoms. The first-order valence-electron chi connectivity index (χ1n) is 7.04. The Morgan fingerprint density at radius 2 is 1.65 bits per heavy atom. The van der Waals surface area contributed by atoms with Gasteiger partial charge in [0.15, 0.2) is 6.61 Å². The van der Waals surface area contributed by atoms with Gasteiger partial charge in [0.25, 0.3) is 11.8 Å². The highest BCUT2D eigenvalue weighted by Crippen LogP contribution is 2.21. The number of carbonyl (C=O) groups is 2. The third-order valence-corrected chi connectivity index (χ3v) is 3.25. The summed E-state index contributed by atoms with van der Waals surface area (Å²) >= 11 is 5.73. The number of ether oxygens (including phenoxy) is 1. The third kappa shape index (κ3) is 5.55. The van der Waals surface area contributed by atoms with Gasteiger partial charge in [-0.1, -0.05) is 11.6 Å². The predicted octanol–water partition coefficient (Wildman–Crippen LogP) is 3.06. The number of alkyl halides is 3. The average molecular weight is 389 g/mol. The van der Waals surface area contributed by atoms with E-state index in [-0.39, 0.29) is 27.6 Å². The van der Waals surface area contributed by atoms with E-state index < -0.39 is 24.6 Å². The largest absolute Gasteiger partial charge is 0.507 e. The molecule has 2 amide bonds. The fourth-order valence-corrected chi connectivity index (χ4v) is 1.98. The number of amides is 2. The van der Waals surface area contributed by atoms with Crippen LogP contribution in [0.5, 0.6) is 11.5 Å². The second-order valence-corrected chi connectivity index (χ2v) is 5.43. The SMILES string of the molecule is O=C(NNC(=O)c1cc(Cl)ccc1O)c1ccc(OCC(F)(F)F)cc1. The molecular formula is C16H12ClF3N2O4. The van der Waals surface area contributed by atoms with Gasteiger partial charge < -0.3 is 9.84 Å². The lowest BCUT2D eigenvalue weighted by Crippen LogP contribution is -2.41. The molecule has 0 saturated heterocycles. The molecule has 2 rings (SSSR count). The molecule has 2 aromatic carbocycles. The molecule has 10 heteroatoms. The number of rotatable bonds is 4. The van der Waals surface area contributed by atoms with Crippen molar-refractivity contribution < 1.29 is 32.6 Å². The van der Waals surface area contributed by atoms with Gasteiger partial charge in [-0.3, -0.25) is 20.4 Å². The van der Waals surface area contributed by atoms with Crippen molar-refractivity contribution >= 4 is 23.4 Å². The van der Waals surface area contributed by atoms with Gasteiger partial charge in [-0.25, -0.2) is 0 Å². The van der Waals surface area contributed by atoms with Gasteiger partial charge in [0.1, 0.15) is 11.5 Å². The van der Waals surface area contributed by atoms with Gasteiger partial charge in [-0.05, 0) is 42.5 Å². The molecule has 2 aromatic rings. The topological polar surface area (TPSA) is 87.7 Å². The van der Waals surface area contributed by atoms with E-state index in [2.05, 4.69) is 15.6 Å². The van der Waals surface area contributed by atoms with E-state index in [9.17, 15) is 27.9 Å². The van der Waals surface area contributed by atoms with Gasteiger partial charge in [0, 0.05) is 10.6 Å². The second kappa shape index (κ2) is 7.96. The van der Waals surface area contributed by atoms with Crippen LogP contribution in [0, 0.1) is 0 Å². The molecule has 0 unspecified atom stereocenters. The monoisotopic (exact) mass is 388 g/mol. The first-order chi connectivity index (χ1) is 12.2. The summed E-state index contributed by atoms with van der Waals surface area (Å²) in [6.45, 7) is -1.45. The molecule has 138 valence electrons. The lowest BCUT2D eigenvalue weighted by atomic mass is 10.2. The van der Waals surface area contributed by atoms with E-state index >= 15 is 0 Å². The Morgan fingerprint density at radius 1 is 1.04 bits per heavy atom. The quantitative estimate of drug-likeness (QED) is 0.702. The van der Waals surface area contributed by atoms with Crippen molar-refractivity contribution in [2.45, 2.75) is 6.18 Å². The molecule has 0 aromatic heterocycles. The van der Waals surface area contributed by atoms with Crippen LogP contribution in [0.4, 0.5) is 13.2 Å². The number of benzene rings is 2. The molecule has 0 heterocycles. The van der Waals surface area contributed by atoms with Gasteiger partial charge in [0.05, 0.1) is 5.56 Å². The van der Waals surface area contributed by atoms with E-state index in [0.29, 0.717) is 0 Å². The summed E-state index contributed by atoms with van der Waals surface area (Å²) in [5.74, 6) is -1.91. The van der Waals surface area contributed by atoms with Crippen molar-refractivity contribution in [2.24, 2.45) is 0 Å². The lowest BCUT2D eigenvalue weighted by molar-refractivity contribution is -0.153. The van der Waals surface area contributed by atoms with Gasteiger partial charge in [-0.2, -0.15) is 13.2 Å². The fourth-order valence-electron chi connectivity index (χ4n) is 1.81. The lowest BCUT2D eigenvalue weighted by Gasteiger charge is -2.10. The Morgan fingerprint density at radius 3 is 2.27 bits per heavy atom. The number of phenols is 1. The maximum atomic E-state index is 12.1. The number of hydrogen-bond acceptors (Lipinski definition) is 4. The molecule has 0 atom stereocenters. The normalized spacial score (nSPS) is 10.9. The second-order valence-electron chi connectivity index (χ2n) is 5.00. The van der Waals surface area contributed by atoms with Crippen LogP contribution >= 0.6 is 11.6 Å². The number of hydrazine groups is 1. The molecule has 0 spiro atoms. The minimum Gasteiger partial charge on any atom is -0.507 e. The Hall–Kier alpha value is -2.94. The molecule has 0 fully saturated rings. The van der Waals surface area contributed by atoms with Crippen LogP contribution in [0.1, 0.15) is 20.7 Å². The standard InChI is InChI=1S/C16H12ClF3N2O4/c17-10-3-6-13(23)12(7-10)15(25)22-21-14(24)9-1-4-11(5-2-9)26-8-16(18,19)20/h1-7,23H,8H2,(H,21,24)(H,22,25). The van der Waals surface area contributed by atoms with Crippen LogP contribution < -0.4 is 15.6 Å². The Bertz CT molecular complexity index is 810. The molecule has 0 radical (unpaired) electrons. The fraction of sp³-hybridized carbons (Fsp3) is 0.125. The Labute approximate surface area is 150 Å². The van der Waals surface area contributed by atoms with Crippen molar-refractivity contribution in [3.8, 4) is 11.5 Å². The van der Waals surface area contributed by atoms with E-state index in [1.165, 1.54) is 42.5 Å². The summed E-state index contributed by atoms with van der Waals surface area (Å²) in [6, 6.07) is 8.64. The first kappa shape index (κ1) is 19.4. The third-order valence-electron chi connectivity index (χ3n) is 3.01. The smallest absolute Gasteiger partial charge is 0.422 e. The van der Waals surface area contributed by atoms with Crippen molar-refractivity contribution in [3.05, 3.63) is 58.6 Å². The number of phenolic OH excluding ortho intramolecular Hbond substituents is 1. The van der Waals surface area contributed by atoms with E-state index in [0.717, 1.165) is 0 Å². The summed E-state index contributed by atoms with van der Waals surface area (Å²) in [7, 11) is 0. The first-order valence-corrected chi connectivity index (χ1v) is 7.42. The zero-order valence-electron chi connectivity index (χ0n) is 12.9. The number of nitrogens with one attached hydrogen (secondary N) is 2. The van der Waals surface area contributed by atoms with Crippen molar-refractivity contribution in [2.75, 3.05) is 6.61 Å². The Kier molecular flexibility index (Phi) is 5.93. The van der Waals surface area contributed by atoms with Gasteiger partial charge in [0.2, 0.25) is 0 Å². The predicted molar refractivity (Wildman–Crippen MR) is 86.0 cm³/mol. The van der Waals surface area contributed by atoms with Gasteiger partial charge >= 0.3 is 6.18 Å². The minimum absolute atomic E-state index is 0.0632. The average Bonchev–Trinajstić information content (AvgIpc) is 2.59. The van der Waals surface area contributed by atoms with Gasteiger partial charge in [-0.15, -0.1) is 0 Å². The molecule has 3 N–H and O–H groups in total. The molecule has 0 bridgehead atoms. The van der Waals surface area contributed by atoms with E-state index in [1.54, 1.807) is 0 Å². The molecule has 6 nitrogen and oxygen atoms in total. The van der Waals surface area contributed by atoms with Crippen molar-refractivity contribution in [1.29, 1.82) is 0 Å². The highest BCUT2D eigenvalue weighted by Gasteiger charge is 2.28. The highest BCUT2D eigenvalue weighted by molar-refractivity contribution is 6.31. The molecule has 0 saturated carbocycles. The molecular weight excluding hydrogens is 377 g/mol. The Balaban J connectivity index is 1.93. The summed E-state index contributed by atoms with van der Waals surface area (Å²) in [4.78, 5) is 23.8. The maximum absolute atomic E-state index is 12.1. The number of hydrogen-bond donors (Lipinski definition) is 3. The maximum Gasteiger partial charge on any atom is 0.422 e. The zero-order chi connectivity index (χ0) is 19.3. The minimum atomic E-state index is -4.47. The summed E-state index contributed by atoms with van der Waals surface area (Å²) in [5.41, 5.74) is 4.12. The van der Waals surface area contributed by atoms with Crippen LogP contribution in [0.2, 0.25) is 5.02 Å². The molecule has 0 aliphatic carbocycles. The molecule has 0 aliphatic rings. The van der Waals surface area contributed by atoms with Crippen molar-refractivity contribution in [1.82, 2.24) is 10.9 Å². The zero-order valence-corrected chi connectivity index (χ0v) is 13.7. The summed E-state index contributed by atoms with van der Waals surface area (Å²) in [5, 5.41) is 9.82.